The number of aryl methyl sites for hydroxylation is 2. The second-order valence-electron chi connectivity index (χ2n) is 4.54. The average Bonchev–Trinajstić information content (AvgIpc) is 2.96. The molecule has 2 heterocycles. The van der Waals surface area contributed by atoms with Crippen LogP contribution in [-0.2, 0) is 13.0 Å². The van der Waals surface area contributed by atoms with Gasteiger partial charge in [0.05, 0.1) is 19.0 Å². The van der Waals surface area contributed by atoms with E-state index in [4.69, 9.17) is 4.74 Å². The van der Waals surface area contributed by atoms with Gasteiger partial charge in [-0.2, -0.15) is 0 Å². The second kappa shape index (κ2) is 5.21. The molecule has 0 spiro atoms. The predicted octanol–water partition coefficient (Wildman–Crippen LogP) is 2.34. The molecule has 0 unspecified atom stereocenters. The van der Waals surface area contributed by atoms with E-state index in [1.165, 1.54) is 5.56 Å². The molecule has 0 saturated heterocycles. The van der Waals surface area contributed by atoms with Gasteiger partial charge in [0.25, 0.3) is 0 Å². The van der Waals surface area contributed by atoms with Crippen molar-refractivity contribution < 1.29 is 9.84 Å². The molecule has 20 heavy (non-hydrogen) atoms. The van der Waals surface area contributed by atoms with Crippen molar-refractivity contribution in [3.05, 3.63) is 48.4 Å². The van der Waals surface area contributed by atoms with Crippen LogP contribution in [0.5, 0.6) is 11.6 Å². The summed E-state index contributed by atoms with van der Waals surface area (Å²) in [7, 11) is 1.65. The lowest BCUT2D eigenvalue weighted by Gasteiger charge is -2.11. The van der Waals surface area contributed by atoms with E-state index in [-0.39, 0.29) is 5.88 Å². The van der Waals surface area contributed by atoms with Gasteiger partial charge in [0, 0.05) is 12.7 Å². The first kappa shape index (κ1) is 12.5. The fourth-order valence-corrected chi connectivity index (χ4v) is 2.14. The molecule has 102 valence electrons. The van der Waals surface area contributed by atoms with Gasteiger partial charge >= 0.3 is 0 Å². The molecule has 0 atom stereocenters. The van der Waals surface area contributed by atoms with Crippen molar-refractivity contribution in [3.63, 3.8) is 0 Å². The maximum Gasteiger partial charge on any atom is 0.203 e. The van der Waals surface area contributed by atoms with Gasteiger partial charge in [-0.05, 0) is 30.2 Å². The maximum atomic E-state index is 10.2. The molecule has 1 aromatic rings. The van der Waals surface area contributed by atoms with Gasteiger partial charge in [-0.25, -0.2) is 9.97 Å². The Morgan fingerprint density at radius 3 is 2.70 bits per heavy atom. The molecule has 0 fully saturated rings. The third-order valence-electron chi connectivity index (χ3n) is 3.31. The van der Waals surface area contributed by atoms with Crippen molar-refractivity contribution in [1.82, 2.24) is 14.5 Å². The summed E-state index contributed by atoms with van der Waals surface area (Å²) in [6.45, 7) is 0.659. The quantitative estimate of drug-likeness (QED) is 0.789. The van der Waals surface area contributed by atoms with E-state index in [0.29, 0.717) is 17.9 Å². The molecule has 5 heteroatoms. The zero-order valence-electron chi connectivity index (χ0n) is 11.2. The number of aromatic nitrogens is 3. The number of rotatable bonds is 4. The first-order valence-electron chi connectivity index (χ1n) is 6.39. The maximum absolute atomic E-state index is 10.2. The molecule has 5 nitrogen and oxygen atoms in total. The SMILES string of the molecule is COc1ccc(CCn2cnc3nccc-3c2O)cc1. The lowest BCUT2D eigenvalue weighted by Crippen LogP contribution is -2.05. The lowest BCUT2D eigenvalue weighted by molar-refractivity contribution is 0.409. The summed E-state index contributed by atoms with van der Waals surface area (Å²) in [6.07, 6.45) is 4.07. The van der Waals surface area contributed by atoms with Gasteiger partial charge in [-0.1, -0.05) is 12.1 Å². The number of benzene rings is 1. The number of hydrogen-bond acceptors (Lipinski definition) is 4. The Bertz CT molecular complexity index is 676. The molecule has 3 rings (SSSR count). The molecule has 0 radical (unpaired) electrons. The highest BCUT2D eigenvalue weighted by atomic mass is 16.5. The molecule has 1 N–H and O–H groups in total. The zero-order chi connectivity index (χ0) is 13.9. The van der Waals surface area contributed by atoms with Gasteiger partial charge in [0.1, 0.15) is 5.75 Å². The van der Waals surface area contributed by atoms with E-state index in [2.05, 4.69) is 9.97 Å². The Labute approximate surface area is 116 Å². The van der Waals surface area contributed by atoms with Crippen LogP contribution in [0.4, 0.5) is 0 Å². The van der Waals surface area contributed by atoms with Crippen molar-refractivity contribution in [2.75, 3.05) is 7.11 Å². The molecule has 0 bridgehead atoms. The van der Waals surface area contributed by atoms with Gasteiger partial charge in [-0.3, -0.25) is 0 Å². The predicted molar refractivity (Wildman–Crippen MR) is 75.0 cm³/mol. The van der Waals surface area contributed by atoms with Crippen LogP contribution < -0.4 is 4.74 Å². The van der Waals surface area contributed by atoms with Crippen molar-refractivity contribution in [2.24, 2.45) is 0 Å². The summed E-state index contributed by atoms with van der Waals surface area (Å²) in [4.78, 5) is 8.27. The zero-order valence-corrected chi connectivity index (χ0v) is 11.2. The third kappa shape index (κ3) is 2.30. The van der Waals surface area contributed by atoms with Crippen molar-refractivity contribution in [3.8, 4) is 23.0 Å². The second-order valence-corrected chi connectivity index (χ2v) is 4.54. The molecular weight excluding hydrogens is 254 g/mol. The van der Waals surface area contributed by atoms with Crippen LogP contribution in [0.1, 0.15) is 5.56 Å². The van der Waals surface area contributed by atoms with Crippen LogP contribution in [0.3, 0.4) is 0 Å². The smallest absolute Gasteiger partial charge is 0.203 e. The Balaban J connectivity index is 1.76. The van der Waals surface area contributed by atoms with Crippen molar-refractivity contribution in [2.45, 2.75) is 13.0 Å². The van der Waals surface area contributed by atoms with Gasteiger partial charge < -0.3 is 14.4 Å². The van der Waals surface area contributed by atoms with E-state index >= 15 is 0 Å². The Morgan fingerprint density at radius 1 is 1.15 bits per heavy atom. The molecule has 0 amide bonds. The first-order chi connectivity index (χ1) is 9.78. The number of nitrogens with zero attached hydrogens (tertiary/aromatic N) is 3. The molecule has 2 aliphatic rings. The molecule has 1 aromatic carbocycles. The number of methoxy groups -OCH3 is 1. The molecule has 0 aliphatic carbocycles. The topological polar surface area (TPSA) is 60.2 Å². The summed E-state index contributed by atoms with van der Waals surface area (Å²) in [5.41, 5.74) is 1.86. The molecular formula is C15H15N3O2. The fourth-order valence-electron chi connectivity index (χ4n) is 2.14. The number of aromatic hydroxyl groups is 1. The summed E-state index contributed by atoms with van der Waals surface area (Å²) >= 11 is 0. The monoisotopic (exact) mass is 269 g/mol. The Kier molecular flexibility index (Phi) is 3.25. The van der Waals surface area contributed by atoms with E-state index < -0.39 is 0 Å². The van der Waals surface area contributed by atoms with Gasteiger partial charge in [-0.15, -0.1) is 0 Å². The number of hydrogen-bond donors (Lipinski definition) is 1. The summed E-state index contributed by atoms with van der Waals surface area (Å²) in [5, 5.41) is 10.2. The molecule has 2 aliphatic heterocycles. The average molecular weight is 269 g/mol. The van der Waals surface area contributed by atoms with E-state index in [1.807, 2.05) is 24.3 Å². The van der Waals surface area contributed by atoms with Crippen LogP contribution in [0.15, 0.2) is 42.9 Å². The van der Waals surface area contributed by atoms with Crippen molar-refractivity contribution in [1.29, 1.82) is 0 Å². The first-order valence-corrected chi connectivity index (χ1v) is 6.39. The fraction of sp³-hybridized carbons (Fsp3) is 0.200. The number of fused-ring (bicyclic) bond motifs is 1. The third-order valence-corrected chi connectivity index (χ3v) is 3.31. The molecule has 0 aromatic heterocycles. The summed E-state index contributed by atoms with van der Waals surface area (Å²) in [6, 6.07) is 9.67. The minimum atomic E-state index is 0.209. The lowest BCUT2D eigenvalue weighted by atomic mass is 10.1. The normalized spacial score (nSPS) is 10.8. The minimum absolute atomic E-state index is 0.209. The van der Waals surface area contributed by atoms with Crippen LogP contribution >= 0.6 is 0 Å². The summed E-state index contributed by atoms with van der Waals surface area (Å²) < 4.78 is 6.86. The highest BCUT2D eigenvalue weighted by Crippen LogP contribution is 2.27. The van der Waals surface area contributed by atoms with Gasteiger partial charge in [0.15, 0.2) is 5.82 Å². The molecule has 0 saturated carbocycles. The van der Waals surface area contributed by atoms with Crippen molar-refractivity contribution >= 4 is 0 Å². The van der Waals surface area contributed by atoms with Crippen LogP contribution in [0, 0.1) is 0 Å². The highest BCUT2D eigenvalue weighted by Gasteiger charge is 2.13. The van der Waals surface area contributed by atoms with Gasteiger partial charge in [0.2, 0.25) is 5.88 Å². The van der Waals surface area contributed by atoms with Crippen LogP contribution in [0.25, 0.3) is 11.4 Å². The minimum Gasteiger partial charge on any atom is -0.497 e. The standard InChI is InChI=1S/C15H15N3O2/c1-20-12-4-2-11(3-5-12)7-9-18-10-17-14-13(15(18)19)6-8-16-14/h2-6,8,10,19H,7,9H2,1H3. The van der Waals surface area contributed by atoms with Crippen LogP contribution in [0.2, 0.25) is 0 Å². The van der Waals surface area contributed by atoms with E-state index in [0.717, 1.165) is 12.2 Å². The Hall–Kier alpha value is -2.56. The Morgan fingerprint density at radius 2 is 1.95 bits per heavy atom. The number of ether oxygens (including phenoxy) is 1. The van der Waals surface area contributed by atoms with Crippen LogP contribution in [-0.4, -0.2) is 26.8 Å². The van der Waals surface area contributed by atoms with E-state index in [1.54, 1.807) is 30.3 Å². The highest BCUT2D eigenvalue weighted by molar-refractivity contribution is 5.62. The largest absolute Gasteiger partial charge is 0.497 e. The van der Waals surface area contributed by atoms with E-state index in [9.17, 15) is 5.11 Å². The summed E-state index contributed by atoms with van der Waals surface area (Å²) in [5.74, 6) is 1.62.